The average Bonchev–Trinajstić information content (AvgIpc) is 2.32. The van der Waals surface area contributed by atoms with Gasteiger partial charge in [0.15, 0.2) is 0 Å². The molecular formula is C8H9NO3S. The highest BCUT2D eigenvalue weighted by atomic mass is 32.1. The van der Waals surface area contributed by atoms with Crippen molar-refractivity contribution >= 4 is 17.5 Å². The van der Waals surface area contributed by atoms with Gasteiger partial charge < -0.3 is 9.84 Å². The highest BCUT2D eigenvalue weighted by Crippen LogP contribution is 2.35. The number of nitrogens with zero attached hydrogens (tertiary/aromatic N) is 1. The first kappa shape index (κ1) is 8.65. The largest absolute Gasteiger partial charge is 0.480 e. The van der Waals surface area contributed by atoms with Crippen molar-refractivity contribution in [2.45, 2.75) is 12.3 Å². The SMILES string of the molecule is Cc1cc(C2(C(=O)O)COC2)sn1. The third-order valence-corrected chi connectivity index (χ3v) is 3.29. The van der Waals surface area contributed by atoms with Crippen LogP contribution in [0.25, 0.3) is 0 Å². The van der Waals surface area contributed by atoms with Crippen LogP contribution in [0.4, 0.5) is 0 Å². The van der Waals surface area contributed by atoms with Crippen LogP contribution < -0.4 is 0 Å². The van der Waals surface area contributed by atoms with Gasteiger partial charge in [0.05, 0.1) is 18.9 Å². The summed E-state index contributed by atoms with van der Waals surface area (Å²) in [7, 11) is 0. The zero-order chi connectivity index (χ0) is 9.47. The molecule has 70 valence electrons. The van der Waals surface area contributed by atoms with Gasteiger partial charge in [0, 0.05) is 4.88 Å². The minimum Gasteiger partial charge on any atom is -0.480 e. The maximum absolute atomic E-state index is 11.0. The quantitative estimate of drug-likeness (QED) is 0.765. The highest BCUT2D eigenvalue weighted by molar-refractivity contribution is 7.06. The fraction of sp³-hybridized carbons (Fsp3) is 0.500. The lowest BCUT2D eigenvalue weighted by Crippen LogP contribution is -2.52. The Morgan fingerprint density at radius 2 is 2.46 bits per heavy atom. The zero-order valence-corrected chi connectivity index (χ0v) is 7.93. The van der Waals surface area contributed by atoms with Gasteiger partial charge in [0.25, 0.3) is 0 Å². The maximum atomic E-state index is 11.0. The molecule has 5 heteroatoms. The third kappa shape index (κ3) is 1.15. The van der Waals surface area contributed by atoms with Crippen molar-refractivity contribution in [3.05, 3.63) is 16.6 Å². The first-order valence-electron chi connectivity index (χ1n) is 3.90. The summed E-state index contributed by atoms with van der Waals surface area (Å²) in [6.07, 6.45) is 0. The molecule has 0 atom stereocenters. The van der Waals surface area contributed by atoms with E-state index < -0.39 is 11.4 Å². The Bertz CT molecular complexity index is 343. The number of ether oxygens (including phenoxy) is 1. The average molecular weight is 199 g/mol. The first-order chi connectivity index (χ1) is 6.15. The topological polar surface area (TPSA) is 59.4 Å². The normalized spacial score (nSPS) is 19.5. The van der Waals surface area contributed by atoms with E-state index in [2.05, 4.69) is 4.37 Å². The molecule has 0 aromatic carbocycles. The molecule has 0 amide bonds. The predicted molar refractivity (Wildman–Crippen MR) is 47.0 cm³/mol. The molecule has 1 fully saturated rings. The smallest absolute Gasteiger partial charge is 0.319 e. The zero-order valence-electron chi connectivity index (χ0n) is 7.11. The van der Waals surface area contributed by atoms with E-state index in [4.69, 9.17) is 9.84 Å². The van der Waals surface area contributed by atoms with E-state index in [1.54, 1.807) is 0 Å². The molecule has 0 aliphatic carbocycles. The van der Waals surface area contributed by atoms with Gasteiger partial charge in [0.1, 0.15) is 5.41 Å². The molecule has 0 spiro atoms. The number of rotatable bonds is 2. The number of aryl methyl sites for hydroxylation is 1. The molecule has 0 saturated carbocycles. The van der Waals surface area contributed by atoms with Crippen LogP contribution in [0.15, 0.2) is 6.07 Å². The lowest BCUT2D eigenvalue weighted by Gasteiger charge is -2.35. The number of hydrogen-bond donors (Lipinski definition) is 1. The lowest BCUT2D eigenvalue weighted by molar-refractivity contribution is -0.162. The van der Waals surface area contributed by atoms with Crippen molar-refractivity contribution in [2.75, 3.05) is 13.2 Å². The van der Waals surface area contributed by atoms with Gasteiger partial charge in [-0.2, -0.15) is 4.37 Å². The Balaban J connectivity index is 2.37. The van der Waals surface area contributed by atoms with E-state index in [9.17, 15) is 4.79 Å². The molecule has 0 unspecified atom stereocenters. The van der Waals surface area contributed by atoms with Crippen molar-refractivity contribution in [1.82, 2.24) is 4.37 Å². The van der Waals surface area contributed by atoms with Gasteiger partial charge in [-0.3, -0.25) is 4.79 Å². The molecule has 1 aromatic rings. The molecule has 2 heterocycles. The van der Waals surface area contributed by atoms with Crippen LogP contribution in [0.3, 0.4) is 0 Å². The summed E-state index contributed by atoms with van der Waals surface area (Å²) in [4.78, 5) is 11.8. The van der Waals surface area contributed by atoms with Crippen LogP contribution >= 0.6 is 11.5 Å². The molecule has 13 heavy (non-hydrogen) atoms. The summed E-state index contributed by atoms with van der Waals surface area (Å²) in [5, 5.41) is 9.05. The fourth-order valence-electron chi connectivity index (χ4n) is 1.27. The Hall–Kier alpha value is -0.940. The highest BCUT2D eigenvalue weighted by Gasteiger charge is 2.49. The van der Waals surface area contributed by atoms with E-state index in [0.29, 0.717) is 0 Å². The number of hydrogen-bond acceptors (Lipinski definition) is 4. The molecule has 1 aromatic heterocycles. The second-order valence-corrected chi connectivity index (χ2v) is 4.02. The number of aromatic nitrogens is 1. The van der Waals surface area contributed by atoms with Gasteiger partial charge in [-0.05, 0) is 24.5 Å². The summed E-state index contributed by atoms with van der Waals surface area (Å²) in [5.41, 5.74) is 0.0545. The van der Waals surface area contributed by atoms with E-state index in [1.807, 2.05) is 13.0 Å². The lowest BCUT2D eigenvalue weighted by atomic mass is 9.84. The second-order valence-electron chi connectivity index (χ2n) is 3.21. The van der Waals surface area contributed by atoms with Crippen LogP contribution in [-0.4, -0.2) is 28.7 Å². The summed E-state index contributed by atoms with van der Waals surface area (Å²) >= 11 is 1.25. The summed E-state index contributed by atoms with van der Waals surface area (Å²) in [5.74, 6) is -0.817. The van der Waals surface area contributed by atoms with E-state index in [-0.39, 0.29) is 13.2 Å². The summed E-state index contributed by atoms with van der Waals surface area (Å²) in [6, 6.07) is 1.82. The summed E-state index contributed by atoms with van der Waals surface area (Å²) in [6.45, 7) is 2.39. The molecule has 0 radical (unpaired) electrons. The number of carboxylic acid groups (broad SMARTS) is 1. The van der Waals surface area contributed by atoms with Crippen LogP contribution in [0, 0.1) is 6.92 Å². The van der Waals surface area contributed by atoms with Crippen LogP contribution in [0.5, 0.6) is 0 Å². The van der Waals surface area contributed by atoms with E-state index in [0.717, 1.165) is 10.6 Å². The number of aliphatic carboxylic acids is 1. The fourth-order valence-corrected chi connectivity index (χ4v) is 2.16. The van der Waals surface area contributed by atoms with Crippen molar-refractivity contribution in [1.29, 1.82) is 0 Å². The Labute approximate surface area is 79.3 Å². The Morgan fingerprint density at radius 3 is 2.77 bits per heavy atom. The van der Waals surface area contributed by atoms with Crippen molar-refractivity contribution in [3.8, 4) is 0 Å². The van der Waals surface area contributed by atoms with Crippen LogP contribution in [0.1, 0.15) is 10.6 Å². The third-order valence-electron chi connectivity index (χ3n) is 2.21. The van der Waals surface area contributed by atoms with Crippen molar-refractivity contribution in [3.63, 3.8) is 0 Å². The molecule has 1 N–H and O–H groups in total. The van der Waals surface area contributed by atoms with E-state index >= 15 is 0 Å². The van der Waals surface area contributed by atoms with Crippen molar-refractivity contribution in [2.24, 2.45) is 0 Å². The van der Waals surface area contributed by atoms with Crippen LogP contribution in [0.2, 0.25) is 0 Å². The minimum atomic E-state index is -0.817. The first-order valence-corrected chi connectivity index (χ1v) is 4.67. The monoisotopic (exact) mass is 199 g/mol. The molecule has 2 rings (SSSR count). The molecule has 1 aliphatic heterocycles. The molecular weight excluding hydrogens is 190 g/mol. The second kappa shape index (κ2) is 2.78. The Kier molecular flexibility index (Phi) is 1.85. The van der Waals surface area contributed by atoms with Gasteiger partial charge in [-0.25, -0.2) is 0 Å². The molecule has 4 nitrogen and oxygen atoms in total. The van der Waals surface area contributed by atoms with Gasteiger partial charge in [-0.15, -0.1) is 0 Å². The number of carboxylic acids is 1. The van der Waals surface area contributed by atoms with Gasteiger partial charge >= 0.3 is 5.97 Å². The standard InChI is InChI=1S/C8H9NO3S/c1-5-2-6(13-9-5)8(7(10)11)3-12-4-8/h2H,3-4H2,1H3,(H,10,11). The molecule has 0 bridgehead atoms. The Morgan fingerprint density at radius 1 is 1.77 bits per heavy atom. The maximum Gasteiger partial charge on any atom is 0.319 e. The van der Waals surface area contributed by atoms with Gasteiger partial charge in [-0.1, -0.05) is 0 Å². The molecule has 1 aliphatic rings. The number of carbonyl (C=O) groups is 1. The minimum absolute atomic E-state index is 0.268. The molecule has 1 saturated heterocycles. The van der Waals surface area contributed by atoms with Crippen molar-refractivity contribution < 1.29 is 14.6 Å². The van der Waals surface area contributed by atoms with Gasteiger partial charge in [0.2, 0.25) is 0 Å². The summed E-state index contributed by atoms with van der Waals surface area (Å²) < 4.78 is 9.03. The predicted octanol–water partition coefficient (Wildman–Crippen LogP) is 0.804. The van der Waals surface area contributed by atoms with E-state index in [1.165, 1.54) is 11.5 Å². The van der Waals surface area contributed by atoms with Crippen LogP contribution in [-0.2, 0) is 14.9 Å².